The van der Waals surface area contributed by atoms with Gasteiger partial charge in [-0.25, -0.2) is 15.0 Å². The van der Waals surface area contributed by atoms with Crippen molar-refractivity contribution in [3.8, 4) is 35.5 Å². The highest BCUT2D eigenvalue weighted by Gasteiger charge is 2.13. The van der Waals surface area contributed by atoms with E-state index in [2.05, 4.69) is 91.8 Å². The molecule has 0 fully saturated rings. The maximum atomic E-state index is 11.2. The van der Waals surface area contributed by atoms with Crippen molar-refractivity contribution in [1.29, 1.82) is 0 Å². The predicted octanol–water partition coefficient (Wildman–Crippen LogP) is 11.2. The molecule has 0 N–H and O–H groups in total. The van der Waals surface area contributed by atoms with E-state index >= 15 is 0 Å². The van der Waals surface area contributed by atoms with Crippen LogP contribution in [0.5, 0.6) is 0 Å². The summed E-state index contributed by atoms with van der Waals surface area (Å²) in [4.78, 5) is 49.7. The fraction of sp³-hybridized carbons (Fsp3) is 0.100. The van der Waals surface area contributed by atoms with Gasteiger partial charge in [-0.2, -0.15) is 0 Å². The number of esters is 3. The van der Waals surface area contributed by atoms with Crippen molar-refractivity contribution in [2.45, 2.75) is 40.6 Å². The summed E-state index contributed by atoms with van der Waals surface area (Å²) in [7, 11) is 0. The van der Waals surface area contributed by atoms with Crippen LogP contribution < -0.4 is 4.90 Å². The predicted molar refractivity (Wildman–Crippen MR) is 271 cm³/mol. The Bertz CT molecular complexity index is 3280. The van der Waals surface area contributed by atoms with E-state index in [1.54, 1.807) is 0 Å². The molecule has 0 amide bonds. The topological polar surface area (TPSA) is 121 Å². The molecule has 3 heterocycles. The van der Waals surface area contributed by atoms with Crippen molar-refractivity contribution in [1.82, 2.24) is 15.0 Å². The van der Waals surface area contributed by atoms with Gasteiger partial charge in [0.05, 0.1) is 33.6 Å². The van der Waals surface area contributed by atoms with Gasteiger partial charge in [0.25, 0.3) is 0 Å². The zero-order valence-electron chi connectivity index (χ0n) is 38.4. The van der Waals surface area contributed by atoms with E-state index < -0.39 is 0 Å². The van der Waals surface area contributed by atoms with Crippen LogP contribution in [0.25, 0.3) is 32.7 Å². The smallest absolute Gasteiger partial charge is 0.303 e. The molecule has 0 aliphatic carbocycles. The fourth-order valence-corrected chi connectivity index (χ4v) is 7.47. The van der Waals surface area contributed by atoms with Crippen LogP contribution in [0.3, 0.4) is 0 Å². The second-order valence-electron chi connectivity index (χ2n) is 16.2. The van der Waals surface area contributed by atoms with Crippen molar-refractivity contribution >= 4 is 67.7 Å². The number of ether oxygens (including phenoxy) is 3. The van der Waals surface area contributed by atoms with Gasteiger partial charge >= 0.3 is 17.9 Å². The van der Waals surface area contributed by atoms with Gasteiger partial charge in [-0.05, 0) is 146 Å². The Morgan fingerprint density at radius 1 is 0.357 bits per heavy atom. The third-order valence-corrected chi connectivity index (χ3v) is 10.9. The molecule has 0 radical (unpaired) electrons. The summed E-state index contributed by atoms with van der Waals surface area (Å²) < 4.78 is 15.3. The molecule has 6 aromatic carbocycles. The molecular weight excluding hydrogens is 873 g/mol. The minimum absolute atomic E-state index is 0.131. The number of fused-ring (bicyclic) bond motifs is 3. The third-order valence-electron chi connectivity index (χ3n) is 10.9. The fourth-order valence-electron chi connectivity index (χ4n) is 7.47. The van der Waals surface area contributed by atoms with Crippen molar-refractivity contribution < 1.29 is 28.6 Å². The second kappa shape index (κ2) is 20.9. The molecule has 9 rings (SSSR count). The van der Waals surface area contributed by atoms with E-state index in [4.69, 9.17) is 14.2 Å². The molecule has 0 spiro atoms. The Kier molecular flexibility index (Phi) is 13.6. The van der Waals surface area contributed by atoms with Crippen LogP contribution in [0.1, 0.15) is 71.2 Å². The molecule has 338 valence electrons. The largest absolute Gasteiger partial charge is 0.459 e. The lowest BCUT2D eigenvalue weighted by molar-refractivity contribution is -0.143. The molecule has 70 heavy (non-hydrogen) atoms. The summed E-state index contributed by atoms with van der Waals surface area (Å²) in [6.07, 6.45) is 0. The van der Waals surface area contributed by atoms with Crippen molar-refractivity contribution in [3.05, 3.63) is 214 Å². The van der Waals surface area contributed by atoms with Gasteiger partial charge in [0.15, 0.2) is 0 Å². The lowest BCUT2D eigenvalue weighted by Crippen LogP contribution is -2.10. The van der Waals surface area contributed by atoms with Crippen LogP contribution in [0.15, 0.2) is 164 Å². The SMILES string of the molecule is CC(=O)OCc1ccc2cc(C#Cc3ccc(N(c4ccc(C#Cc5ccc6nc(COC(C)=O)ccc6c5)cc4)c4ccc(C#Cc5ccc6nc(COC(C)=O)ccc6c5)cc4)cc3)ccc2n1. The van der Waals surface area contributed by atoms with Gasteiger partial charge in [0.1, 0.15) is 19.8 Å². The number of carbonyl (C=O) groups excluding carboxylic acids is 3. The molecule has 0 aliphatic heterocycles. The Morgan fingerprint density at radius 2 is 0.614 bits per heavy atom. The molecule has 3 aromatic heterocycles. The summed E-state index contributed by atoms with van der Waals surface area (Å²) in [5, 5.41) is 2.83. The number of pyridine rings is 3. The second-order valence-corrected chi connectivity index (χ2v) is 16.2. The Morgan fingerprint density at radius 3 is 0.886 bits per heavy atom. The van der Waals surface area contributed by atoms with Gasteiger partial charge in [-0.1, -0.05) is 53.7 Å². The van der Waals surface area contributed by atoms with Crippen molar-refractivity contribution in [2.24, 2.45) is 0 Å². The van der Waals surface area contributed by atoms with Crippen LogP contribution in [-0.4, -0.2) is 32.9 Å². The average Bonchev–Trinajstić information content (AvgIpc) is 3.38. The molecule has 0 saturated heterocycles. The monoisotopic (exact) mass is 914 g/mol. The number of hydrogen-bond donors (Lipinski definition) is 0. The normalized spacial score (nSPS) is 10.5. The van der Waals surface area contributed by atoms with Crippen molar-refractivity contribution in [2.75, 3.05) is 4.90 Å². The lowest BCUT2D eigenvalue weighted by atomic mass is 10.1. The van der Waals surface area contributed by atoms with Gasteiger partial charge < -0.3 is 19.1 Å². The van der Waals surface area contributed by atoms with Crippen molar-refractivity contribution in [3.63, 3.8) is 0 Å². The van der Waals surface area contributed by atoms with Crippen LogP contribution in [0.4, 0.5) is 17.1 Å². The standard InChI is InChI=1S/C60H42N4O6/c1-40(65)68-37-52-22-19-49-34-46(16-31-58(49)61-52)7-4-43-10-25-55(26-11-43)64(56-27-12-44(13-28-56)5-8-47-17-32-59-50(35-47)20-23-53(62-59)38-69-41(2)66)57-29-14-45(15-30-57)6-9-48-18-33-60-51(36-48)21-24-54(63-60)39-70-42(3)67/h10-36H,37-39H2,1-3H3. The first-order valence-electron chi connectivity index (χ1n) is 22.3. The van der Waals surface area contributed by atoms with Gasteiger partial charge in [0, 0.05) is 87.4 Å². The zero-order valence-corrected chi connectivity index (χ0v) is 38.4. The summed E-state index contributed by atoms with van der Waals surface area (Å²) in [5.74, 6) is 18.8. The van der Waals surface area contributed by atoms with Gasteiger partial charge in [-0.3, -0.25) is 14.4 Å². The number of carbonyl (C=O) groups is 3. The number of benzene rings is 6. The first-order valence-corrected chi connectivity index (χ1v) is 22.3. The summed E-state index contributed by atoms with van der Waals surface area (Å²) in [5.41, 5.74) is 12.4. The van der Waals surface area contributed by atoms with Crippen LogP contribution in [0.2, 0.25) is 0 Å². The number of rotatable bonds is 9. The minimum atomic E-state index is -0.346. The summed E-state index contributed by atoms with van der Waals surface area (Å²) in [6, 6.07) is 53.4. The Hall–Kier alpha value is -9.56. The van der Waals surface area contributed by atoms with E-state index in [-0.39, 0.29) is 37.7 Å². The van der Waals surface area contributed by atoms with Crippen LogP contribution in [-0.2, 0) is 48.4 Å². The number of nitrogens with zero attached hydrogens (tertiary/aromatic N) is 4. The number of aromatic nitrogens is 3. The third kappa shape index (κ3) is 11.7. The van der Waals surface area contributed by atoms with Gasteiger partial charge in [-0.15, -0.1) is 0 Å². The number of hydrogen-bond acceptors (Lipinski definition) is 10. The summed E-state index contributed by atoms with van der Waals surface area (Å²) in [6.45, 7) is 4.53. The lowest BCUT2D eigenvalue weighted by Gasteiger charge is -2.25. The van der Waals surface area contributed by atoms with E-state index in [0.717, 1.165) is 83.2 Å². The molecule has 0 saturated carbocycles. The summed E-state index contributed by atoms with van der Waals surface area (Å²) >= 11 is 0. The quantitative estimate of drug-likeness (QED) is 0.0786. The zero-order chi connectivity index (χ0) is 48.4. The maximum Gasteiger partial charge on any atom is 0.303 e. The molecule has 0 atom stereocenters. The van der Waals surface area contributed by atoms with E-state index in [1.807, 2.05) is 127 Å². The molecule has 0 bridgehead atoms. The van der Waals surface area contributed by atoms with Crippen LogP contribution in [0, 0.1) is 35.5 Å². The highest BCUT2D eigenvalue weighted by Crippen LogP contribution is 2.35. The van der Waals surface area contributed by atoms with Crippen LogP contribution >= 0.6 is 0 Å². The highest BCUT2D eigenvalue weighted by atomic mass is 16.5. The van der Waals surface area contributed by atoms with Gasteiger partial charge in [0.2, 0.25) is 0 Å². The van der Waals surface area contributed by atoms with E-state index in [9.17, 15) is 14.4 Å². The minimum Gasteiger partial charge on any atom is -0.459 e. The molecule has 9 aromatic rings. The number of anilines is 3. The Labute approximate surface area is 404 Å². The first-order chi connectivity index (χ1) is 34.1. The molecular formula is C60H42N4O6. The molecule has 10 heteroatoms. The average molecular weight is 915 g/mol. The molecule has 0 unspecified atom stereocenters. The highest BCUT2D eigenvalue weighted by molar-refractivity contribution is 5.83. The molecule has 0 aliphatic rings. The van der Waals surface area contributed by atoms with E-state index in [0.29, 0.717) is 17.1 Å². The molecule has 10 nitrogen and oxygen atoms in total. The first kappa shape index (κ1) is 45.6. The maximum absolute atomic E-state index is 11.2. The Balaban J connectivity index is 0.959. The van der Waals surface area contributed by atoms with E-state index in [1.165, 1.54) is 20.8 Å².